The molecule has 0 bridgehead atoms. The van der Waals surface area contributed by atoms with Crippen LogP contribution in [0.3, 0.4) is 0 Å². The van der Waals surface area contributed by atoms with E-state index in [1.165, 1.54) is 0 Å². The molecule has 7 heteroatoms. The Labute approximate surface area is 181 Å². The molecule has 1 amide bonds. The van der Waals surface area contributed by atoms with Crippen molar-refractivity contribution in [3.63, 3.8) is 0 Å². The second kappa shape index (κ2) is 9.47. The molecule has 0 N–H and O–H groups in total. The molecule has 0 saturated heterocycles. The number of aryl methyl sites for hydroxylation is 1. The molecule has 2 aromatic rings. The molecule has 0 atom stereocenters. The third kappa shape index (κ3) is 5.72. The second-order valence-corrected chi connectivity index (χ2v) is 9.20. The van der Waals surface area contributed by atoms with Gasteiger partial charge in [-0.2, -0.15) is 5.10 Å². The van der Waals surface area contributed by atoms with Crippen molar-refractivity contribution in [2.75, 3.05) is 13.7 Å². The Morgan fingerprint density at radius 3 is 2.79 bits per heavy atom. The highest BCUT2D eigenvalue weighted by Gasteiger charge is 2.36. The standard InChI is InChI=1S/C22H32BrN3O3/c1-5-11-22(2,3)29-21(27)25(17-8-9-17)15-16-7-10-18-19(14-16)26(24-20(18)23)12-6-13-28-4/h7,10,14,17H,5-6,8-9,11-13,15H2,1-4H3. The van der Waals surface area contributed by atoms with Crippen LogP contribution in [0, 0.1) is 0 Å². The average Bonchev–Trinajstić information content (AvgIpc) is 3.45. The number of carbonyl (C=O) groups is 1. The van der Waals surface area contributed by atoms with Gasteiger partial charge in [-0.25, -0.2) is 4.79 Å². The molecule has 0 aliphatic heterocycles. The molecular weight excluding hydrogens is 434 g/mol. The molecule has 1 heterocycles. The number of methoxy groups -OCH3 is 1. The van der Waals surface area contributed by atoms with Crippen LogP contribution in [0.5, 0.6) is 0 Å². The lowest BCUT2D eigenvalue weighted by Crippen LogP contribution is -2.39. The molecule has 1 aliphatic carbocycles. The molecule has 1 aromatic carbocycles. The van der Waals surface area contributed by atoms with Gasteiger partial charge in [0.1, 0.15) is 10.2 Å². The summed E-state index contributed by atoms with van der Waals surface area (Å²) >= 11 is 3.56. The molecule has 1 saturated carbocycles. The van der Waals surface area contributed by atoms with Crippen molar-refractivity contribution in [1.82, 2.24) is 14.7 Å². The first-order valence-electron chi connectivity index (χ1n) is 10.5. The molecule has 29 heavy (non-hydrogen) atoms. The highest BCUT2D eigenvalue weighted by molar-refractivity contribution is 9.10. The van der Waals surface area contributed by atoms with Crippen molar-refractivity contribution in [3.8, 4) is 0 Å². The zero-order valence-corrected chi connectivity index (χ0v) is 19.5. The number of hydrogen-bond acceptors (Lipinski definition) is 4. The zero-order valence-electron chi connectivity index (χ0n) is 17.9. The third-order valence-corrected chi connectivity index (χ3v) is 5.87. The minimum absolute atomic E-state index is 0.208. The molecule has 0 spiro atoms. The number of benzene rings is 1. The molecule has 3 rings (SSSR count). The smallest absolute Gasteiger partial charge is 0.410 e. The summed E-state index contributed by atoms with van der Waals surface area (Å²) in [7, 11) is 1.71. The lowest BCUT2D eigenvalue weighted by atomic mass is 10.0. The number of aromatic nitrogens is 2. The summed E-state index contributed by atoms with van der Waals surface area (Å²) in [6.07, 6.45) is 4.63. The van der Waals surface area contributed by atoms with E-state index in [-0.39, 0.29) is 12.1 Å². The van der Waals surface area contributed by atoms with Gasteiger partial charge in [0.15, 0.2) is 0 Å². The maximum absolute atomic E-state index is 12.9. The van der Waals surface area contributed by atoms with Gasteiger partial charge in [0.25, 0.3) is 0 Å². The Morgan fingerprint density at radius 1 is 1.38 bits per heavy atom. The van der Waals surface area contributed by atoms with Gasteiger partial charge in [0.2, 0.25) is 0 Å². The largest absolute Gasteiger partial charge is 0.443 e. The van der Waals surface area contributed by atoms with E-state index < -0.39 is 5.60 Å². The van der Waals surface area contributed by atoms with E-state index in [9.17, 15) is 4.79 Å². The maximum Gasteiger partial charge on any atom is 0.410 e. The molecule has 0 radical (unpaired) electrons. The Kier molecular flexibility index (Phi) is 7.22. The Balaban J connectivity index is 1.77. The second-order valence-electron chi connectivity index (χ2n) is 8.45. The lowest BCUT2D eigenvalue weighted by molar-refractivity contribution is 0.00522. The van der Waals surface area contributed by atoms with Crippen LogP contribution in [0.2, 0.25) is 0 Å². The van der Waals surface area contributed by atoms with Gasteiger partial charge >= 0.3 is 6.09 Å². The van der Waals surface area contributed by atoms with Crippen molar-refractivity contribution in [3.05, 3.63) is 28.4 Å². The number of fused-ring (bicyclic) bond motifs is 1. The predicted octanol–water partition coefficient (Wildman–Crippen LogP) is 5.52. The number of ether oxygens (including phenoxy) is 2. The molecule has 0 unspecified atom stereocenters. The summed E-state index contributed by atoms with van der Waals surface area (Å²) < 4.78 is 13.9. The van der Waals surface area contributed by atoms with Crippen LogP contribution in [0.25, 0.3) is 10.9 Å². The molecule has 1 aromatic heterocycles. The third-order valence-electron chi connectivity index (χ3n) is 5.28. The number of nitrogens with zero attached hydrogens (tertiary/aromatic N) is 3. The summed E-state index contributed by atoms with van der Waals surface area (Å²) in [4.78, 5) is 14.8. The lowest BCUT2D eigenvalue weighted by Gasteiger charge is -2.30. The highest BCUT2D eigenvalue weighted by atomic mass is 79.9. The fourth-order valence-corrected chi connectivity index (χ4v) is 4.21. The van der Waals surface area contributed by atoms with Crippen LogP contribution >= 0.6 is 15.9 Å². The minimum Gasteiger partial charge on any atom is -0.443 e. The normalized spacial score (nSPS) is 14.4. The monoisotopic (exact) mass is 465 g/mol. The first-order valence-corrected chi connectivity index (χ1v) is 11.3. The number of hydrogen-bond donors (Lipinski definition) is 0. The fraction of sp³-hybridized carbons (Fsp3) is 0.636. The van der Waals surface area contributed by atoms with Crippen LogP contribution in [-0.2, 0) is 22.6 Å². The van der Waals surface area contributed by atoms with E-state index in [0.29, 0.717) is 13.2 Å². The van der Waals surface area contributed by atoms with E-state index in [2.05, 4.69) is 46.2 Å². The Hall–Kier alpha value is -1.60. The summed E-state index contributed by atoms with van der Waals surface area (Å²) in [5.41, 5.74) is 1.73. The van der Waals surface area contributed by atoms with Crippen molar-refractivity contribution in [1.29, 1.82) is 0 Å². The first-order chi connectivity index (χ1) is 13.8. The summed E-state index contributed by atoms with van der Waals surface area (Å²) in [5, 5.41) is 5.69. The number of halogens is 1. The van der Waals surface area contributed by atoms with Crippen molar-refractivity contribution in [2.24, 2.45) is 0 Å². The number of carbonyl (C=O) groups excluding carboxylic acids is 1. The van der Waals surface area contributed by atoms with Crippen molar-refractivity contribution in [2.45, 2.75) is 77.6 Å². The summed E-state index contributed by atoms with van der Waals surface area (Å²) in [5.74, 6) is 0. The molecule has 1 aliphatic rings. The van der Waals surface area contributed by atoms with Crippen molar-refractivity contribution >= 4 is 32.9 Å². The quantitative estimate of drug-likeness (QED) is 0.433. The van der Waals surface area contributed by atoms with Crippen LogP contribution in [0.1, 0.15) is 58.4 Å². The van der Waals surface area contributed by atoms with Crippen LogP contribution in [0.4, 0.5) is 4.79 Å². The molecular formula is C22H32BrN3O3. The van der Waals surface area contributed by atoms with Gasteiger partial charge in [-0.3, -0.25) is 4.68 Å². The summed E-state index contributed by atoms with van der Waals surface area (Å²) in [6, 6.07) is 6.58. The van der Waals surface area contributed by atoms with Gasteiger partial charge in [-0.1, -0.05) is 19.4 Å². The van der Waals surface area contributed by atoms with Crippen molar-refractivity contribution < 1.29 is 14.3 Å². The Bertz CT molecular complexity index is 845. The molecule has 160 valence electrons. The number of rotatable bonds is 10. The highest BCUT2D eigenvalue weighted by Crippen LogP contribution is 2.32. The molecule has 1 fully saturated rings. The van der Waals surface area contributed by atoms with E-state index >= 15 is 0 Å². The topological polar surface area (TPSA) is 56.6 Å². The fourth-order valence-electron chi connectivity index (χ4n) is 3.68. The van der Waals surface area contributed by atoms with Crippen LogP contribution in [0.15, 0.2) is 22.8 Å². The van der Waals surface area contributed by atoms with E-state index in [4.69, 9.17) is 9.47 Å². The number of amides is 1. The van der Waals surface area contributed by atoms with E-state index in [1.54, 1.807) is 7.11 Å². The maximum atomic E-state index is 12.9. The van der Waals surface area contributed by atoms with E-state index in [1.807, 2.05) is 23.4 Å². The van der Waals surface area contributed by atoms with Crippen LogP contribution in [-0.4, -0.2) is 46.1 Å². The van der Waals surface area contributed by atoms with Crippen LogP contribution < -0.4 is 0 Å². The van der Waals surface area contributed by atoms with Gasteiger partial charge in [-0.05, 0) is 73.2 Å². The SMILES string of the molecule is CCCC(C)(C)OC(=O)N(Cc1ccc2c(Br)nn(CCCOC)c2c1)C1CC1. The minimum atomic E-state index is -0.437. The van der Waals surface area contributed by atoms with E-state index in [0.717, 1.165) is 59.7 Å². The van der Waals surface area contributed by atoms with Gasteiger partial charge < -0.3 is 14.4 Å². The predicted molar refractivity (Wildman–Crippen MR) is 118 cm³/mol. The average molecular weight is 466 g/mol. The van der Waals surface area contributed by atoms with Gasteiger partial charge in [0, 0.05) is 38.2 Å². The Morgan fingerprint density at radius 2 is 2.14 bits per heavy atom. The zero-order chi connectivity index (χ0) is 21.0. The van der Waals surface area contributed by atoms with Gasteiger partial charge in [0.05, 0.1) is 5.52 Å². The summed E-state index contributed by atoms with van der Waals surface area (Å²) in [6.45, 7) is 8.13. The molecule has 6 nitrogen and oxygen atoms in total. The first kappa shape index (κ1) is 22.1. The van der Waals surface area contributed by atoms with Gasteiger partial charge in [-0.15, -0.1) is 0 Å².